The summed E-state index contributed by atoms with van der Waals surface area (Å²) in [6.07, 6.45) is -15.9. The van der Waals surface area contributed by atoms with Crippen molar-refractivity contribution in [2.24, 2.45) is 0 Å². The Morgan fingerprint density at radius 2 is 0.362 bits per heavy atom. The highest BCUT2D eigenvalue weighted by Gasteiger charge is 2.98. The Morgan fingerprint density at radius 1 is 0.219 bits per heavy atom. The van der Waals surface area contributed by atoms with Crippen LogP contribution in [0, 0.1) is 20.8 Å². The SMILES string of the molecule is COc1ccc(S(OS(=O)(=O)C(F)(F)C(F)(F)C(F)(F)C(F)(F)C(F)(F)C(F)(F)C(F)(F)C(F)(F)F)(c2ccc(OC)cc2)c2ccc(OC)cc2)cc1.Cc1ccc(S(OS(=O)(=O)C(F)(F)C(F)(F)C(F)(F)C(F)(F)C(F)(F)C(F)(F)C(F)(F)C(F)(F)F)(c2ccc(C)cc2)c2ccc(C)cc2)cc1. The molecule has 105 heavy (non-hydrogen) atoms. The molecule has 0 fully saturated rings. The Kier molecular flexibility index (Phi) is 23.7. The van der Waals surface area contributed by atoms with Crippen LogP contribution < -0.4 is 14.2 Å². The Morgan fingerprint density at radius 3 is 0.514 bits per heavy atom. The fraction of sp³-hybridized carbons (Fsp3) is 0.379. The van der Waals surface area contributed by atoms with E-state index in [1.807, 2.05) is 0 Å². The van der Waals surface area contributed by atoms with E-state index in [9.17, 15) is 140 Å². The zero-order valence-corrected chi connectivity index (χ0v) is 55.3. The molecule has 0 bridgehead atoms. The molecule has 47 heteroatoms. The van der Waals surface area contributed by atoms with E-state index in [1.165, 1.54) is 57.2 Å². The average Bonchev–Trinajstić information content (AvgIpc) is 0.694. The van der Waals surface area contributed by atoms with Crippen LogP contribution in [0.2, 0.25) is 0 Å². The molecular formula is C58H42F34O9S4. The van der Waals surface area contributed by atoms with Crippen LogP contribution in [0.15, 0.2) is 175 Å². The van der Waals surface area contributed by atoms with E-state index in [0.717, 1.165) is 131 Å². The summed E-state index contributed by atoms with van der Waals surface area (Å²) in [7, 11) is -21.8. The van der Waals surface area contributed by atoms with Crippen molar-refractivity contribution in [2.75, 3.05) is 21.3 Å². The van der Waals surface area contributed by atoms with Crippen molar-refractivity contribution >= 4 is 40.9 Å². The standard InChI is InChI=1S/C29H21F17O6S2.C29H21F17O3S2/c1-49-16-4-10-19(11-5-16)53(20-12-6-17(50-2)7-13-20,21-14-8-18(51-3)9-15-21)52-54(47,48)29(45,46)27(40,41)25(36,37)23(32,33)22(30,31)24(34,35)26(38,39)28(42,43)44;1-16-4-10-19(11-5-16)50(20-12-6-17(2)7-13-20,21-14-8-18(3)9-15-21)49-51(47,48)29(45,46)27(40,41)25(36,37)23(32,33)22(30,31)24(34,35)26(38,39)28(42,43)44/h4-15H,1-3H3;4-15H,1-3H3. The molecule has 6 rings (SSSR count). The first kappa shape index (κ1) is 88.5. The van der Waals surface area contributed by atoms with E-state index < -0.39 is 164 Å². The zero-order chi connectivity index (χ0) is 81.4. The Hall–Kier alpha value is -7.14. The quantitative estimate of drug-likeness (QED) is 0.0465. The number of rotatable bonds is 27. The number of methoxy groups -OCH3 is 3. The van der Waals surface area contributed by atoms with Crippen molar-refractivity contribution in [2.45, 2.75) is 144 Å². The van der Waals surface area contributed by atoms with Gasteiger partial charge in [-0.15, -0.1) is 0 Å². The number of halogens is 34. The van der Waals surface area contributed by atoms with E-state index in [0.29, 0.717) is 16.7 Å². The van der Waals surface area contributed by atoms with Crippen LogP contribution in [0.5, 0.6) is 17.2 Å². The number of alkyl halides is 34. The number of ether oxygens (including phenoxy) is 3. The molecule has 0 saturated heterocycles. The van der Waals surface area contributed by atoms with Crippen LogP contribution in [0.25, 0.3) is 0 Å². The van der Waals surface area contributed by atoms with Crippen molar-refractivity contribution in [3.8, 4) is 17.2 Å². The van der Waals surface area contributed by atoms with Crippen LogP contribution in [-0.4, -0.2) is 132 Å². The van der Waals surface area contributed by atoms with E-state index in [4.69, 9.17) is 14.2 Å². The van der Waals surface area contributed by atoms with Gasteiger partial charge in [0.25, 0.3) is 0 Å². The summed E-state index contributed by atoms with van der Waals surface area (Å²) in [5.74, 6) is -105. The zero-order valence-electron chi connectivity index (χ0n) is 52.0. The lowest BCUT2D eigenvalue weighted by atomic mass is 9.91. The summed E-state index contributed by atoms with van der Waals surface area (Å²) >= 11 is 0. The van der Waals surface area contributed by atoms with E-state index in [2.05, 4.69) is 7.26 Å². The summed E-state index contributed by atoms with van der Waals surface area (Å²) in [5, 5.41) is -15.8. The van der Waals surface area contributed by atoms with Gasteiger partial charge in [0.05, 0.1) is 21.3 Å². The molecule has 6 aromatic rings. The molecule has 0 spiro atoms. The van der Waals surface area contributed by atoms with Gasteiger partial charge >= 0.3 is 114 Å². The van der Waals surface area contributed by atoms with Crippen molar-refractivity contribution < 1.29 is 188 Å². The number of hydrogen-bond acceptors (Lipinski definition) is 9. The minimum atomic E-state index is -9.01. The van der Waals surface area contributed by atoms with Crippen molar-refractivity contribution in [3.05, 3.63) is 162 Å². The molecule has 9 nitrogen and oxygen atoms in total. The largest absolute Gasteiger partial charge is 0.497 e. The predicted octanol–water partition coefficient (Wildman–Crippen LogP) is 21.3. The average molecular weight is 1660 g/mol. The molecule has 0 aliphatic carbocycles. The van der Waals surface area contributed by atoms with Gasteiger partial charge in [-0.25, -0.2) is 7.26 Å². The summed E-state index contributed by atoms with van der Waals surface area (Å²) in [4.78, 5) is -3.25. The van der Waals surface area contributed by atoms with Gasteiger partial charge in [-0.1, -0.05) is 53.1 Å². The summed E-state index contributed by atoms with van der Waals surface area (Å²) in [6.45, 7) is 4.37. The third-order valence-corrected chi connectivity index (χ3v) is 25.1. The van der Waals surface area contributed by atoms with Gasteiger partial charge in [-0.2, -0.15) is 166 Å². The van der Waals surface area contributed by atoms with Crippen LogP contribution in [-0.2, 0) is 27.5 Å². The van der Waals surface area contributed by atoms with Gasteiger partial charge in [0.2, 0.25) is 0 Å². The van der Waals surface area contributed by atoms with Gasteiger partial charge < -0.3 is 14.2 Å². The Bertz CT molecular complexity index is 4030. The molecule has 0 amide bonds. The topological polar surface area (TPSA) is 114 Å². The molecule has 0 aliphatic rings. The minimum Gasteiger partial charge on any atom is -0.497 e. The first-order chi connectivity index (χ1) is 47.0. The highest BCUT2D eigenvalue weighted by Crippen LogP contribution is 2.75. The lowest BCUT2D eigenvalue weighted by Gasteiger charge is -2.44. The Balaban J connectivity index is 0.000000378. The highest BCUT2D eigenvalue weighted by molar-refractivity contribution is 8.33. The molecule has 0 N–H and O–H groups in total. The summed E-state index contributed by atoms with van der Waals surface area (Å²) in [5.41, 5.74) is 1.20. The second-order valence-electron chi connectivity index (χ2n) is 21.5. The number of aryl methyl sites for hydroxylation is 3. The highest BCUT2D eigenvalue weighted by atomic mass is 32.3. The van der Waals surface area contributed by atoms with Gasteiger partial charge in [0, 0.05) is 29.4 Å². The van der Waals surface area contributed by atoms with E-state index in [1.54, 1.807) is 0 Å². The fourth-order valence-corrected chi connectivity index (χ4v) is 18.9. The first-order valence-electron chi connectivity index (χ1n) is 27.2. The third-order valence-electron chi connectivity index (χ3n) is 14.6. The molecule has 590 valence electrons. The maximum atomic E-state index is 15.5. The van der Waals surface area contributed by atoms with Gasteiger partial charge in [0.15, 0.2) is 0 Å². The second kappa shape index (κ2) is 28.1. The molecule has 0 saturated carbocycles. The maximum Gasteiger partial charge on any atom is 0.460 e. The van der Waals surface area contributed by atoms with Crippen LogP contribution in [0.1, 0.15) is 16.7 Å². The minimum absolute atomic E-state index is 0.0491. The molecule has 0 aliphatic heterocycles. The Labute approximate surface area is 571 Å². The lowest BCUT2D eigenvalue weighted by Crippen LogP contribution is -2.75. The molecular weight excluding hydrogens is 1610 g/mol. The number of benzene rings is 6. The van der Waals surface area contributed by atoms with E-state index >= 15 is 26.3 Å². The lowest BCUT2D eigenvalue weighted by molar-refractivity contribution is -0.458. The molecule has 6 aromatic carbocycles. The van der Waals surface area contributed by atoms with Gasteiger partial charge in [-0.05, 0) is 151 Å². The number of hydrogen-bond donors (Lipinski definition) is 0. The monoisotopic (exact) mass is 1660 g/mol. The van der Waals surface area contributed by atoms with Crippen LogP contribution >= 0.6 is 20.6 Å². The van der Waals surface area contributed by atoms with Crippen LogP contribution in [0.4, 0.5) is 149 Å². The molecule has 0 aromatic heterocycles. The predicted molar refractivity (Wildman–Crippen MR) is 299 cm³/mol. The molecule has 0 atom stereocenters. The fourth-order valence-electron chi connectivity index (χ4n) is 8.51. The van der Waals surface area contributed by atoms with Crippen LogP contribution in [0.3, 0.4) is 0 Å². The normalized spacial score (nSPS) is 15.0. The van der Waals surface area contributed by atoms with E-state index in [-0.39, 0.29) is 17.2 Å². The summed E-state index contributed by atoms with van der Waals surface area (Å²) < 4.78 is 553. The molecule has 0 heterocycles. The van der Waals surface area contributed by atoms with Crippen molar-refractivity contribution in [1.82, 2.24) is 0 Å². The third kappa shape index (κ3) is 13.8. The first-order valence-corrected chi connectivity index (χ1v) is 33.1. The molecule has 0 radical (unpaired) electrons. The van der Waals surface area contributed by atoms with Crippen molar-refractivity contribution in [1.29, 1.82) is 0 Å². The summed E-state index contributed by atoms with van der Waals surface area (Å²) in [6, 6.07) is 24.4. The second-order valence-corrected chi connectivity index (χ2v) is 30.5. The van der Waals surface area contributed by atoms with Crippen molar-refractivity contribution in [3.63, 3.8) is 0 Å². The maximum absolute atomic E-state index is 15.5. The molecule has 0 unspecified atom stereocenters. The smallest absolute Gasteiger partial charge is 0.460 e. The van der Waals surface area contributed by atoms with Gasteiger partial charge in [-0.3, -0.25) is 0 Å². The van der Waals surface area contributed by atoms with Gasteiger partial charge in [0.1, 0.15) is 17.2 Å².